The van der Waals surface area contributed by atoms with Gasteiger partial charge in [0, 0.05) is 10.0 Å². The minimum atomic E-state index is -1.16. The van der Waals surface area contributed by atoms with Crippen LogP contribution in [0.5, 0.6) is 11.5 Å². The standard InChI is InChI=1S/C14H10BrF3O2/c1-7(19)10-6-9(16)2-3-12(10)20-13-5-8(15)4-11(17)14(13)18/h2-7,19H,1H3. The largest absolute Gasteiger partial charge is 0.454 e. The highest BCUT2D eigenvalue weighted by Crippen LogP contribution is 2.33. The SMILES string of the molecule is CC(O)c1cc(F)ccc1Oc1cc(Br)cc(F)c1F. The number of aliphatic hydroxyl groups excluding tert-OH is 1. The molecule has 2 aromatic rings. The number of rotatable bonds is 3. The van der Waals surface area contributed by atoms with E-state index >= 15 is 0 Å². The van der Waals surface area contributed by atoms with Gasteiger partial charge < -0.3 is 9.84 Å². The summed E-state index contributed by atoms with van der Waals surface area (Å²) in [4.78, 5) is 0. The second-order valence-corrected chi connectivity index (χ2v) is 5.08. The molecule has 0 fully saturated rings. The number of hydrogen-bond donors (Lipinski definition) is 1. The molecule has 2 nitrogen and oxygen atoms in total. The van der Waals surface area contributed by atoms with Gasteiger partial charge in [-0.3, -0.25) is 0 Å². The van der Waals surface area contributed by atoms with Crippen LogP contribution in [0.1, 0.15) is 18.6 Å². The van der Waals surface area contributed by atoms with Crippen LogP contribution in [0.4, 0.5) is 13.2 Å². The first kappa shape index (κ1) is 14.9. The summed E-state index contributed by atoms with van der Waals surface area (Å²) in [5.41, 5.74) is 0.143. The summed E-state index contributed by atoms with van der Waals surface area (Å²) in [6, 6.07) is 5.63. The van der Waals surface area contributed by atoms with Crippen LogP contribution in [-0.2, 0) is 0 Å². The highest BCUT2D eigenvalue weighted by atomic mass is 79.9. The molecule has 6 heteroatoms. The summed E-state index contributed by atoms with van der Waals surface area (Å²) in [7, 11) is 0. The van der Waals surface area contributed by atoms with Gasteiger partial charge in [-0.15, -0.1) is 0 Å². The fraction of sp³-hybridized carbons (Fsp3) is 0.143. The van der Waals surface area contributed by atoms with Crippen LogP contribution in [0, 0.1) is 17.5 Å². The van der Waals surface area contributed by atoms with Crippen molar-refractivity contribution in [2.24, 2.45) is 0 Å². The minimum absolute atomic E-state index is 0.0535. The molecule has 0 aliphatic rings. The van der Waals surface area contributed by atoms with Crippen LogP contribution >= 0.6 is 15.9 Å². The normalized spacial score (nSPS) is 12.3. The molecule has 2 aromatic carbocycles. The van der Waals surface area contributed by atoms with Crippen molar-refractivity contribution in [3.05, 3.63) is 57.8 Å². The molecule has 0 radical (unpaired) electrons. The first-order valence-electron chi connectivity index (χ1n) is 5.68. The molecule has 0 aliphatic heterocycles. The van der Waals surface area contributed by atoms with Crippen LogP contribution in [-0.4, -0.2) is 5.11 Å². The minimum Gasteiger partial charge on any atom is -0.454 e. The maximum Gasteiger partial charge on any atom is 0.201 e. The molecular weight excluding hydrogens is 337 g/mol. The van der Waals surface area contributed by atoms with Crippen molar-refractivity contribution in [2.45, 2.75) is 13.0 Å². The van der Waals surface area contributed by atoms with Crippen LogP contribution in [0.3, 0.4) is 0 Å². The number of ether oxygens (including phenoxy) is 1. The number of benzene rings is 2. The quantitative estimate of drug-likeness (QED) is 0.815. The topological polar surface area (TPSA) is 29.5 Å². The van der Waals surface area contributed by atoms with Gasteiger partial charge in [0.15, 0.2) is 11.6 Å². The Bertz CT molecular complexity index is 645. The van der Waals surface area contributed by atoms with Gasteiger partial charge in [-0.25, -0.2) is 8.78 Å². The lowest BCUT2D eigenvalue weighted by Gasteiger charge is -2.14. The number of aliphatic hydroxyl groups is 1. The first-order chi connectivity index (χ1) is 9.38. The summed E-state index contributed by atoms with van der Waals surface area (Å²) >= 11 is 3.02. The average Bonchev–Trinajstić information content (AvgIpc) is 2.37. The van der Waals surface area contributed by atoms with E-state index in [1.54, 1.807) is 0 Å². The molecule has 20 heavy (non-hydrogen) atoms. The van der Waals surface area contributed by atoms with Gasteiger partial charge in [0.25, 0.3) is 0 Å². The Morgan fingerprint density at radius 3 is 2.45 bits per heavy atom. The smallest absolute Gasteiger partial charge is 0.201 e. The molecule has 1 N–H and O–H groups in total. The average molecular weight is 347 g/mol. The van der Waals surface area contributed by atoms with Crippen LogP contribution in [0.25, 0.3) is 0 Å². The van der Waals surface area contributed by atoms with Crippen molar-refractivity contribution in [1.82, 2.24) is 0 Å². The zero-order valence-corrected chi connectivity index (χ0v) is 11.9. The van der Waals surface area contributed by atoms with Gasteiger partial charge in [-0.1, -0.05) is 15.9 Å². The predicted molar refractivity (Wildman–Crippen MR) is 71.2 cm³/mol. The van der Waals surface area contributed by atoms with Crippen molar-refractivity contribution in [1.29, 1.82) is 0 Å². The monoisotopic (exact) mass is 346 g/mol. The molecule has 106 valence electrons. The van der Waals surface area contributed by atoms with Gasteiger partial charge in [0.2, 0.25) is 5.82 Å². The third-order valence-corrected chi connectivity index (χ3v) is 3.06. The molecule has 0 saturated carbocycles. The summed E-state index contributed by atoms with van der Waals surface area (Å²) in [6.45, 7) is 1.42. The van der Waals surface area contributed by atoms with E-state index in [0.717, 1.165) is 18.2 Å². The van der Waals surface area contributed by atoms with Gasteiger partial charge in [0.1, 0.15) is 11.6 Å². The third-order valence-electron chi connectivity index (χ3n) is 2.60. The van der Waals surface area contributed by atoms with E-state index in [-0.39, 0.29) is 17.1 Å². The van der Waals surface area contributed by atoms with Gasteiger partial charge in [-0.05, 0) is 37.3 Å². The van der Waals surface area contributed by atoms with Crippen LogP contribution < -0.4 is 4.74 Å². The van der Waals surface area contributed by atoms with E-state index in [4.69, 9.17) is 4.74 Å². The van der Waals surface area contributed by atoms with E-state index in [0.29, 0.717) is 4.47 Å². The second-order valence-electron chi connectivity index (χ2n) is 4.16. The molecule has 0 aromatic heterocycles. The Labute approximate surface area is 121 Å². The lowest BCUT2D eigenvalue weighted by atomic mass is 10.1. The molecule has 1 atom stereocenters. The summed E-state index contributed by atoms with van der Waals surface area (Å²) in [5.74, 6) is -3.10. The molecule has 0 saturated heterocycles. The molecule has 0 bridgehead atoms. The van der Waals surface area contributed by atoms with Gasteiger partial charge >= 0.3 is 0 Å². The highest BCUT2D eigenvalue weighted by molar-refractivity contribution is 9.10. The van der Waals surface area contributed by atoms with Crippen molar-refractivity contribution in [3.63, 3.8) is 0 Å². The van der Waals surface area contributed by atoms with E-state index in [2.05, 4.69) is 15.9 Å². The summed E-state index contributed by atoms with van der Waals surface area (Å²) in [6.07, 6.45) is -1.01. The van der Waals surface area contributed by atoms with Crippen LogP contribution in [0.2, 0.25) is 0 Å². The van der Waals surface area contributed by atoms with E-state index in [1.807, 2.05) is 0 Å². The zero-order chi connectivity index (χ0) is 14.9. The Balaban J connectivity index is 2.45. The van der Waals surface area contributed by atoms with Gasteiger partial charge in [-0.2, -0.15) is 4.39 Å². The third kappa shape index (κ3) is 3.13. The zero-order valence-electron chi connectivity index (χ0n) is 10.3. The van der Waals surface area contributed by atoms with Crippen molar-refractivity contribution in [2.75, 3.05) is 0 Å². The molecule has 0 spiro atoms. The maximum absolute atomic E-state index is 13.6. The molecular formula is C14H10BrF3O2. The molecule has 0 heterocycles. The Morgan fingerprint density at radius 2 is 1.80 bits per heavy atom. The Kier molecular flexibility index (Phi) is 4.35. The molecule has 0 amide bonds. The lowest BCUT2D eigenvalue weighted by molar-refractivity contribution is 0.195. The van der Waals surface area contributed by atoms with Crippen LogP contribution in [0.15, 0.2) is 34.8 Å². The fourth-order valence-electron chi connectivity index (χ4n) is 1.66. The Hall–Kier alpha value is -1.53. The highest BCUT2D eigenvalue weighted by Gasteiger charge is 2.16. The second kappa shape index (κ2) is 5.85. The molecule has 2 rings (SSSR count). The fourth-order valence-corrected chi connectivity index (χ4v) is 2.07. The molecule has 1 unspecified atom stereocenters. The van der Waals surface area contributed by atoms with Crippen molar-refractivity contribution >= 4 is 15.9 Å². The molecule has 0 aliphatic carbocycles. The Morgan fingerprint density at radius 1 is 1.10 bits per heavy atom. The van der Waals surface area contributed by atoms with E-state index < -0.39 is 23.6 Å². The maximum atomic E-state index is 13.6. The van der Waals surface area contributed by atoms with E-state index in [1.165, 1.54) is 19.1 Å². The first-order valence-corrected chi connectivity index (χ1v) is 6.47. The number of halogens is 4. The van der Waals surface area contributed by atoms with Crippen molar-refractivity contribution in [3.8, 4) is 11.5 Å². The summed E-state index contributed by atoms with van der Waals surface area (Å²) < 4.78 is 45.6. The van der Waals surface area contributed by atoms with Crippen molar-refractivity contribution < 1.29 is 23.0 Å². The lowest BCUT2D eigenvalue weighted by Crippen LogP contribution is -1.99. The van der Waals surface area contributed by atoms with E-state index in [9.17, 15) is 18.3 Å². The predicted octanol–water partition coefficient (Wildman–Crippen LogP) is 4.71. The summed E-state index contributed by atoms with van der Waals surface area (Å²) in [5, 5.41) is 9.56. The number of hydrogen-bond acceptors (Lipinski definition) is 2. The van der Waals surface area contributed by atoms with Gasteiger partial charge in [0.05, 0.1) is 6.10 Å².